The van der Waals surface area contributed by atoms with Gasteiger partial charge >= 0.3 is 0 Å². The Morgan fingerprint density at radius 2 is 2.15 bits per heavy atom. The summed E-state index contributed by atoms with van der Waals surface area (Å²) in [5.74, 6) is 0. The van der Waals surface area contributed by atoms with E-state index in [0.717, 1.165) is 29.3 Å². The van der Waals surface area contributed by atoms with E-state index in [2.05, 4.69) is 11.9 Å². The molecule has 4 heteroatoms. The highest BCUT2D eigenvalue weighted by Gasteiger charge is 2.25. The van der Waals surface area contributed by atoms with E-state index in [1.54, 1.807) is 19.2 Å². The van der Waals surface area contributed by atoms with Gasteiger partial charge in [0.25, 0.3) is 0 Å². The van der Waals surface area contributed by atoms with Gasteiger partial charge in [0.2, 0.25) is 0 Å². The topological polar surface area (TPSA) is 42.4 Å². The summed E-state index contributed by atoms with van der Waals surface area (Å²) in [6, 6.07) is 7.31. The number of ether oxygens (including phenoxy) is 1. The number of hydrogen-bond acceptors (Lipinski definition) is 3. The van der Waals surface area contributed by atoms with Gasteiger partial charge in [-0.3, -0.25) is 4.98 Å². The Labute approximate surface area is 124 Å². The Morgan fingerprint density at radius 3 is 2.90 bits per heavy atom. The minimum absolute atomic E-state index is 0.263. The molecule has 0 spiro atoms. The normalized spacial score (nSPS) is 14.4. The van der Waals surface area contributed by atoms with Crippen molar-refractivity contribution < 1.29 is 9.84 Å². The molecule has 2 aromatic rings. The Hall–Kier alpha value is -1.16. The summed E-state index contributed by atoms with van der Waals surface area (Å²) in [5.41, 5.74) is 0.557. The van der Waals surface area contributed by atoms with E-state index in [9.17, 15) is 5.11 Å². The number of fused-ring (bicyclic) bond motifs is 1. The van der Waals surface area contributed by atoms with Crippen LogP contribution in [0.3, 0.4) is 0 Å². The second-order valence-electron chi connectivity index (χ2n) is 5.20. The van der Waals surface area contributed by atoms with Gasteiger partial charge in [-0.15, -0.1) is 0 Å². The highest BCUT2D eigenvalue weighted by atomic mass is 35.5. The minimum Gasteiger partial charge on any atom is -0.383 e. The van der Waals surface area contributed by atoms with Crippen molar-refractivity contribution in [1.29, 1.82) is 0 Å². The third-order valence-electron chi connectivity index (χ3n) is 3.31. The van der Waals surface area contributed by atoms with Crippen LogP contribution in [-0.2, 0) is 10.3 Å². The summed E-state index contributed by atoms with van der Waals surface area (Å²) in [7, 11) is 0. The molecule has 0 aliphatic heterocycles. The number of benzene rings is 1. The summed E-state index contributed by atoms with van der Waals surface area (Å²) in [4.78, 5) is 4.30. The molecule has 0 aliphatic carbocycles. The third kappa shape index (κ3) is 3.48. The van der Waals surface area contributed by atoms with Crippen molar-refractivity contribution in [2.24, 2.45) is 0 Å². The number of halogens is 1. The molecule has 0 fully saturated rings. The zero-order chi connectivity index (χ0) is 14.6. The standard InChI is InChI=1S/C16H20ClNO2/c1-3-4-9-20-11-16(2,19)14-7-8-18-15-6-5-12(17)10-13(14)15/h5-8,10,19H,3-4,9,11H2,1-2H3. The molecular weight excluding hydrogens is 274 g/mol. The SMILES string of the molecule is CCCCOCC(C)(O)c1ccnc2ccc(Cl)cc12. The zero-order valence-electron chi connectivity index (χ0n) is 11.9. The number of nitrogens with zero attached hydrogens (tertiary/aromatic N) is 1. The molecule has 1 N–H and O–H groups in total. The smallest absolute Gasteiger partial charge is 0.111 e. The lowest BCUT2D eigenvalue weighted by Crippen LogP contribution is -2.28. The molecule has 0 aliphatic rings. The van der Waals surface area contributed by atoms with E-state index in [4.69, 9.17) is 16.3 Å². The molecule has 0 saturated heterocycles. The van der Waals surface area contributed by atoms with Crippen molar-refractivity contribution in [3.63, 3.8) is 0 Å². The lowest BCUT2D eigenvalue weighted by Gasteiger charge is -2.25. The van der Waals surface area contributed by atoms with Crippen LogP contribution in [0.1, 0.15) is 32.3 Å². The molecule has 108 valence electrons. The van der Waals surface area contributed by atoms with Crippen molar-refractivity contribution in [3.05, 3.63) is 41.0 Å². The summed E-state index contributed by atoms with van der Waals surface area (Å²) in [6.45, 7) is 4.80. The van der Waals surface area contributed by atoms with Crippen molar-refractivity contribution in [3.8, 4) is 0 Å². The molecule has 3 nitrogen and oxygen atoms in total. The van der Waals surface area contributed by atoms with Crippen LogP contribution >= 0.6 is 11.6 Å². The molecule has 0 saturated carbocycles. The van der Waals surface area contributed by atoms with E-state index in [0.29, 0.717) is 11.6 Å². The Balaban J connectivity index is 2.28. The molecule has 2 rings (SSSR count). The lowest BCUT2D eigenvalue weighted by molar-refractivity contribution is -0.0373. The van der Waals surface area contributed by atoms with E-state index >= 15 is 0 Å². The number of aromatic nitrogens is 1. The predicted octanol–water partition coefficient (Wildman–Crippen LogP) is 3.91. The van der Waals surface area contributed by atoms with Gasteiger partial charge in [0.05, 0.1) is 12.1 Å². The quantitative estimate of drug-likeness (QED) is 0.821. The number of rotatable bonds is 6. The van der Waals surface area contributed by atoms with Gasteiger partial charge in [-0.25, -0.2) is 0 Å². The van der Waals surface area contributed by atoms with Gasteiger partial charge < -0.3 is 9.84 Å². The van der Waals surface area contributed by atoms with Gasteiger partial charge in [0.1, 0.15) is 5.60 Å². The average molecular weight is 294 g/mol. The Morgan fingerprint density at radius 1 is 1.35 bits per heavy atom. The second-order valence-corrected chi connectivity index (χ2v) is 5.64. The van der Waals surface area contributed by atoms with Gasteiger partial charge in [0, 0.05) is 23.2 Å². The highest BCUT2D eigenvalue weighted by molar-refractivity contribution is 6.31. The molecular formula is C16H20ClNO2. The van der Waals surface area contributed by atoms with Gasteiger partial charge in [-0.1, -0.05) is 24.9 Å². The van der Waals surface area contributed by atoms with Crippen molar-refractivity contribution in [2.45, 2.75) is 32.3 Å². The van der Waals surface area contributed by atoms with E-state index in [1.807, 2.05) is 18.2 Å². The zero-order valence-corrected chi connectivity index (χ0v) is 12.7. The second kappa shape index (κ2) is 6.53. The first-order valence-corrected chi connectivity index (χ1v) is 7.27. The maximum Gasteiger partial charge on any atom is 0.111 e. The van der Waals surface area contributed by atoms with Crippen LogP contribution in [0.2, 0.25) is 5.02 Å². The summed E-state index contributed by atoms with van der Waals surface area (Å²) in [5, 5.41) is 12.2. The summed E-state index contributed by atoms with van der Waals surface area (Å²) >= 11 is 6.05. The van der Waals surface area contributed by atoms with Crippen LogP contribution in [0.5, 0.6) is 0 Å². The monoisotopic (exact) mass is 293 g/mol. The fraction of sp³-hybridized carbons (Fsp3) is 0.438. The van der Waals surface area contributed by atoms with Gasteiger partial charge in [-0.05, 0) is 43.2 Å². The first kappa shape index (κ1) is 15.2. The lowest BCUT2D eigenvalue weighted by atomic mass is 9.93. The van der Waals surface area contributed by atoms with Crippen molar-refractivity contribution >= 4 is 22.5 Å². The molecule has 20 heavy (non-hydrogen) atoms. The molecule has 1 atom stereocenters. The van der Waals surface area contributed by atoms with E-state index in [-0.39, 0.29) is 6.61 Å². The molecule has 0 radical (unpaired) electrons. The highest BCUT2D eigenvalue weighted by Crippen LogP contribution is 2.29. The molecule has 1 aromatic carbocycles. The third-order valence-corrected chi connectivity index (χ3v) is 3.54. The van der Waals surface area contributed by atoms with E-state index in [1.165, 1.54) is 0 Å². The maximum atomic E-state index is 10.7. The fourth-order valence-corrected chi connectivity index (χ4v) is 2.36. The van der Waals surface area contributed by atoms with Crippen LogP contribution < -0.4 is 0 Å². The number of unbranched alkanes of at least 4 members (excludes halogenated alkanes) is 1. The van der Waals surface area contributed by atoms with Crippen LogP contribution in [0.25, 0.3) is 10.9 Å². The largest absolute Gasteiger partial charge is 0.383 e. The Kier molecular flexibility index (Phi) is 4.97. The number of hydrogen-bond donors (Lipinski definition) is 1. The predicted molar refractivity (Wildman–Crippen MR) is 82.1 cm³/mol. The molecule has 1 aromatic heterocycles. The van der Waals surface area contributed by atoms with Crippen molar-refractivity contribution in [2.75, 3.05) is 13.2 Å². The van der Waals surface area contributed by atoms with Crippen LogP contribution in [0.15, 0.2) is 30.5 Å². The summed E-state index contributed by atoms with van der Waals surface area (Å²) in [6.07, 6.45) is 3.78. The van der Waals surface area contributed by atoms with Crippen LogP contribution in [0, 0.1) is 0 Å². The molecule has 1 heterocycles. The number of aliphatic hydroxyl groups is 1. The summed E-state index contributed by atoms with van der Waals surface area (Å²) < 4.78 is 5.57. The maximum absolute atomic E-state index is 10.7. The van der Waals surface area contributed by atoms with Crippen LogP contribution in [0.4, 0.5) is 0 Å². The Bertz CT molecular complexity index is 584. The number of pyridine rings is 1. The van der Waals surface area contributed by atoms with Crippen LogP contribution in [-0.4, -0.2) is 23.3 Å². The molecule has 1 unspecified atom stereocenters. The average Bonchev–Trinajstić information content (AvgIpc) is 2.43. The van der Waals surface area contributed by atoms with Gasteiger partial charge in [0.15, 0.2) is 0 Å². The molecule has 0 bridgehead atoms. The van der Waals surface area contributed by atoms with Gasteiger partial charge in [-0.2, -0.15) is 0 Å². The van der Waals surface area contributed by atoms with E-state index < -0.39 is 5.60 Å². The first-order chi connectivity index (χ1) is 9.54. The first-order valence-electron chi connectivity index (χ1n) is 6.89. The van der Waals surface area contributed by atoms with Crippen molar-refractivity contribution in [1.82, 2.24) is 4.98 Å². The minimum atomic E-state index is -1.06. The fourth-order valence-electron chi connectivity index (χ4n) is 2.18. The molecule has 0 amide bonds.